The molecule has 0 aliphatic carbocycles. The fraction of sp³-hybridized carbons (Fsp3) is 0.600. The Morgan fingerprint density at radius 2 is 2.06 bits per heavy atom. The van der Waals surface area contributed by atoms with Gasteiger partial charge < -0.3 is 10.3 Å². The van der Waals surface area contributed by atoms with E-state index in [2.05, 4.69) is 34.1 Å². The Bertz CT molecular complexity index is 378. The van der Waals surface area contributed by atoms with E-state index in [0.717, 1.165) is 47.6 Å². The van der Waals surface area contributed by atoms with Crippen LogP contribution >= 0.6 is 11.8 Å². The van der Waals surface area contributed by atoms with E-state index in [-0.39, 0.29) is 0 Å². The first kappa shape index (κ1) is 11.5. The third kappa shape index (κ3) is 1.94. The summed E-state index contributed by atoms with van der Waals surface area (Å²) in [5, 5.41) is 0. The van der Waals surface area contributed by atoms with E-state index in [4.69, 9.17) is 5.84 Å². The lowest BCUT2D eigenvalue weighted by molar-refractivity contribution is 0.814. The first-order valence-electron chi connectivity index (χ1n) is 5.49. The highest BCUT2D eigenvalue weighted by Crippen LogP contribution is 2.33. The lowest BCUT2D eigenvalue weighted by Gasteiger charge is -2.20. The summed E-state index contributed by atoms with van der Waals surface area (Å²) >= 11 is 1.85. The molecule has 1 aromatic rings. The number of hydrogen-bond donors (Lipinski definition) is 2. The Balaban J connectivity index is 2.41. The van der Waals surface area contributed by atoms with Gasteiger partial charge in [0.05, 0.1) is 5.69 Å². The first-order valence-corrected chi connectivity index (χ1v) is 6.64. The molecule has 0 amide bonds. The Hall–Kier alpha value is -1.01. The number of anilines is 2. The normalized spacial score (nSPS) is 13.7. The van der Waals surface area contributed by atoms with Crippen molar-refractivity contribution in [2.45, 2.75) is 25.4 Å². The molecule has 5 nitrogen and oxygen atoms in total. The van der Waals surface area contributed by atoms with Crippen LogP contribution in [0.3, 0.4) is 0 Å². The van der Waals surface area contributed by atoms with E-state index in [1.807, 2.05) is 11.8 Å². The van der Waals surface area contributed by atoms with Crippen LogP contribution in [0.25, 0.3) is 0 Å². The largest absolute Gasteiger partial charge is 0.341 e. The molecular weight excluding hydrogens is 222 g/mol. The Labute approximate surface area is 99.8 Å². The molecular formula is C10H17N5S. The maximum absolute atomic E-state index is 5.51. The van der Waals surface area contributed by atoms with Crippen molar-refractivity contribution in [3.8, 4) is 0 Å². The van der Waals surface area contributed by atoms with Gasteiger partial charge in [-0.15, -0.1) is 0 Å². The van der Waals surface area contributed by atoms with E-state index < -0.39 is 0 Å². The van der Waals surface area contributed by atoms with Gasteiger partial charge in [-0.25, -0.2) is 10.8 Å². The molecule has 0 unspecified atom stereocenters. The minimum absolute atomic E-state index is 0.775. The molecule has 1 aliphatic heterocycles. The third-order valence-corrected chi connectivity index (χ3v) is 3.72. The zero-order valence-electron chi connectivity index (χ0n) is 9.66. The highest BCUT2D eigenvalue weighted by atomic mass is 32.2. The number of hydrogen-bond acceptors (Lipinski definition) is 6. The van der Waals surface area contributed by atoms with Gasteiger partial charge in [-0.3, -0.25) is 0 Å². The van der Waals surface area contributed by atoms with Gasteiger partial charge in [0, 0.05) is 30.2 Å². The van der Waals surface area contributed by atoms with Crippen molar-refractivity contribution in [2.75, 3.05) is 23.4 Å². The molecule has 3 N–H and O–H groups in total. The molecule has 0 fully saturated rings. The van der Waals surface area contributed by atoms with Crippen molar-refractivity contribution in [1.82, 2.24) is 9.97 Å². The van der Waals surface area contributed by atoms with E-state index in [0.29, 0.717) is 0 Å². The van der Waals surface area contributed by atoms with Crippen LogP contribution in [0.4, 0.5) is 11.8 Å². The quantitative estimate of drug-likeness (QED) is 0.611. The van der Waals surface area contributed by atoms with Crippen molar-refractivity contribution in [3.05, 3.63) is 11.3 Å². The smallest absolute Gasteiger partial charge is 0.227 e. The summed E-state index contributed by atoms with van der Waals surface area (Å²) in [5.41, 5.74) is 4.96. The van der Waals surface area contributed by atoms with Crippen LogP contribution < -0.4 is 16.2 Å². The molecule has 0 aromatic carbocycles. The molecule has 6 heteroatoms. The molecule has 0 radical (unpaired) electrons. The van der Waals surface area contributed by atoms with Crippen LogP contribution in [-0.4, -0.2) is 23.1 Å². The summed E-state index contributed by atoms with van der Waals surface area (Å²) in [6.07, 6.45) is 0. The van der Waals surface area contributed by atoms with Crippen LogP contribution in [0.15, 0.2) is 0 Å². The van der Waals surface area contributed by atoms with E-state index in [9.17, 15) is 0 Å². The second-order valence-corrected chi connectivity index (χ2v) is 4.59. The van der Waals surface area contributed by atoms with Gasteiger partial charge >= 0.3 is 0 Å². The number of nitrogens with two attached hydrogens (primary N) is 1. The molecule has 1 aromatic heterocycles. The van der Waals surface area contributed by atoms with Gasteiger partial charge in [-0.2, -0.15) is 16.7 Å². The molecule has 16 heavy (non-hydrogen) atoms. The average Bonchev–Trinajstić information content (AvgIpc) is 2.77. The third-order valence-electron chi connectivity index (χ3n) is 2.75. The Morgan fingerprint density at radius 1 is 1.31 bits per heavy atom. The minimum atomic E-state index is 0.775. The van der Waals surface area contributed by atoms with Crippen molar-refractivity contribution in [2.24, 2.45) is 5.84 Å². The van der Waals surface area contributed by atoms with Gasteiger partial charge in [0.2, 0.25) is 5.95 Å². The van der Waals surface area contributed by atoms with Crippen molar-refractivity contribution >= 4 is 23.5 Å². The summed E-state index contributed by atoms with van der Waals surface area (Å²) in [7, 11) is 0. The summed E-state index contributed by atoms with van der Waals surface area (Å²) < 4.78 is 0. The van der Waals surface area contributed by atoms with Crippen molar-refractivity contribution in [3.63, 3.8) is 0 Å². The first-order chi connectivity index (χ1) is 7.80. The maximum atomic E-state index is 5.51. The van der Waals surface area contributed by atoms with Gasteiger partial charge in [0.25, 0.3) is 0 Å². The van der Waals surface area contributed by atoms with E-state index in [1.54, 1.807) is 0 Å². The van der Waals surface area contributed by atoms with Gasteiger partial charge in [0.15, 0.2) is 0 Å². The van der Waals surface area contributed by atoms with Crippen LogP contribution in [0.2, 0.25) is 0 Å². The summed E-state index contributed by atoms with van der Waals surface area (Å²) in [6, 6.07) is 0. The highest BCUT2D eigenvalue weighted by Gasteiger charge is 2.20. The molecule has 0 bridgehead atoms. The number of nitrogens with one attached hydrogen (secondary N) is 1. The predicted octanol–water partition coefficient (Wildman–Crippen LogP) is 1.36. The standard InChI is InChI=1S/C10H17N5S/c1-3-15(4-2)10-12-8-6-16-5-7(8)9(13-10)14-11/h3-6,11H2,1-2H3,(H,12,13,14). The number of rotatable bonds is 4. The minimum Gasteiger partial charge on any atom is -0.341 e. The second-order valence-electron chi connectivity index (χ2n) is 3.61. The van der Waals surface area contributed by atoms with Gasteiger partial charge in [-0.1, -0.05) is 0 Å². The monoisotopic (exact) mass is 239 g/mol. The number of nitrogens with zero attached hydrogens (tertiary/aromatic N) is 3. The van der Waals surface area contributed by atoms with Crippen LogP contribution in [-0.2, 0) is 11.5 Å². The molecule has 2 heterocycles. The molecule has 88 valence electrons. The predicted molar refractivity (Wildman–Crippen MR) is 68.4 cm³/mol. The average molecular weight is 239 g/mol. The number of hydrazine groups is 1. The molecule has 0 saturated carbocycles. The van der Waals surface area contributed by atoms with E-state index >= 15 is 0 Å². The number of nitrogen functional groups attached to an aromatic ring is 1. The summed E-state index contributed by atoms with van der Waals surface area (Å²) in [6.45, 7) is 6.02. The van der Waals surface area contributed by atoms with Crippen molar-refractivity contribution in [1.29, 1.82) is 0 Å². The molecule has 1 aliphatic rings. The number of thioether (sulfide) groups is 1. The molecule has 0 saturated heterocycles. The number of fused-ring (bicyclic) bond motifs is 1. The van der Waals surface area contributed by atoms with Crippen LogP contribution in [0.1, 0.15) is 25.1 Å². The van der Waals surface area contributed by atoms with Gasteiger partial charge in [0.1, 0.15) is 5.82 Å². The number of aromatic nitrogens is 2. The zero-order valence-corrected chi connectivity index (χ0v) is 10.5. The maximum Gasteiger partial charge on any atom is 0.227 e. The van der Waals surface area contributed by atoms with Crippen molar-refractivity contribution < 1.29 is 0 Å². The van der Waals surface area contributed by atoms with Gasteiger partial charge in [-0.05, 0) is 13.8 Å². The molecule has 2 rings (SSSR count). The highest BCUT2D eigenvalue weighted by molar-refractivity contribution is 7.98. The van der Waals surface area contributed by atoms with E-state index in [1.165, 1.54) is 0 Å². The topological polar surface area (TPSA) is 67.1 Å². The summed E-state index contributed by atoms with van der Waals surface area (Å²) in [5.74, 6) is 8.97. The zero-order chi connectivity index (χ0) is 11.5. The Morgan fingerprint density at radius 3 is 2.69 bits per heavy atom. The Kier molecular flexibility index (Phi) is 3.50. The molecule has 0 atom stereocenters. The van der Waals surface area contributed by atoms with Crippen LogP contribution in [0, 0.1) is 0 Å². The summed E-state index contributed by atoms with van der Waals surface area (Å²) in [4.78, 5) is 11.2. The fourth-order valence-electron chi connectivity index (χ4n) is 1.81. The lowest BCUT2D eigenvalue weighted by atomic mass is 10.2. The fourth-order valence-corrected chi connectivity index (χ4v) is 2.85. The SMILES string of the molecule is CCN(CC)c1nc2c(c(NN)n1)CSC2. The van der Waals surface area contributed by atoms with Crippen LogP contribution in [0.5, 0.6) is 0 Å². The molecule has 0 spiro atoms. The second kappa shape index (κ2) is 4.88. The lowest BCUT2D eigenvalue weighted by Crippen LogP contribution is -2.25.